The van der Waals surface area contributed by atoms with Gasteiger partial charge in [0, 0.05) is 13.1 Å². The number of carbonyl (C=O) groups excluding carboxylic acids is 2. The van der Waals surface area contributed by atoms with Crippen molar-refractivity contribution >= 4 is 22.8 Å². The normalized spacial score (nSPS) is 24.6. The molecule has 142 valence electrons. The SMILES string of the molecule is CCOC(=O)[C@@H]1CC[C@@H]1C(=O)N1CCC(n2cnc3ccccc3c2=O)C1. The van der Waals surface area contributed by atoms with Crippen molar-refractivity contribution in [1.82, 2.24) is 14.5 Å². The molecular weight excluding hydrogens is 346 g/mol. The van der Waals surface area contributed by atoms with Gasteiger partial charge in [-0.25, -0.2) is 4.98 Å². The minimum Gasteiger partial charge on any atom is -0.466 e. The zero-order chi connectivity index (χ0) is 19.0. The maximum absolute atomic E-state index is 12.8. The number of hydrogen-bond acceptors (Lipinski definition) is 5. The molecule has 2 aliphatic rings. The Morgan fingerprint density at radius 1 is 1.19 bits per heavy atom. The summed E-state index contributed by atoms with van der Waals surface area (Å²) in [5.41, 5.74) is 0.601. The van der Waals surface area contributed by atoms with E-state index in [2.05, 4.69) is 4.98 Å². The quantitative estimate of drug-likeness (QED) is 0.767. The van der Waals surface area contributed by atoms with Crippen molar-refractivity contribution in [1.29, 1.82) is 0 Å². The first kappa shape index (κ1) is 17.7. The van der Waals surface area contributed by atoms with Crippen molar-refractivity contribution in [2.75, 3.05) is 19.7 Å². The smallest absolute Gasteiger partial charge is 0.309 e. The lowest BCUT2D eigenvalue weighted by Crippen LogP contribution is -2.46. The summed E-state index contributed by atoms with van der Waals surface area (Å²) in [6.45, 7) is 3.17. The molecule has 2 heterocycles. The average molecular weight is 369 g/mol. The van der Waals surface area contributed by atoms with Gasteiger partial charge in [0.1, 0.15) is 0 Å². The van der Waals surface area contributed by atoms with Gasteiger partial charge in [-0.15, -0.1) is 0 Å². The third-order valence-corrected chi connectivity index (χ3v) is 5.74. The van der Waals surface area contributed by atoms with Gasteiger partial charge < -0.3 is 9.64 Å². The molecule has 2 aromatic rings. The van der Waals surface area contributed by atoms with Crippen LogP contribution in [0, 0.1) is 11.8 Å². The number of ether oxygens (including phenoxy) is 1. The lowest BCUT2D eigenvalue weighted by atomic mass is 9.73. The number of nitrogens with zero attached hydrogens (tertiary/aromatic N) is 3. The van der Waals surface area contributed by atoms with Crippen LogP contribution in [0.25, 0.3) is 10.9 Å². The molecule has 1 saturated carbocycles. The predicted octanol–water partition coefficient (Wildman–Crippen LogP) is 1.76. The number of likely N-dealkylation sites (tertiary alicyclic amines) is 1. The van der Waals surface area contributed by atoms with Gasteiger partial charge in [0.2, 0.25) is 5.91 Å². The second-order valence-corrected chi connectivity index (χ2v) is 7.24. The topological polar surface area (TPSA) is 81.5 Å². The molecule has 1 saturated heterocycles. The van der Waals surface area contributed by atoms with E-state index < -0.39 is 0 Å². The molecular formula is C20H23N3O4. The van der Waals surface area contributed by atoms with Crippen molar-refractivity contribution < 1.29 is 14.3 Å². The Morgan fingerprint density at radius 3 is 2.70 bits per heavy atom. The minimum atomic E-state index is -0.318. The fourth-order valence-corrected chi connectivity index (χ4v) is 4.07. The zero-order valence-electron chi connectivity index (χ0n) is 15.3. The molecule has 1 amide bonds. The van der Waals surface area contributed by atoms with Crippen LogP contribution in [0.15, 0.2) is 35.4 Å². The molecule has 0 N–H and O–H groups in total. The van der Waals surface area contributed by atoms with Crippen molar-refractivity contribution in [3.05, 3.63) is 40.9 Å². The highest BCUT2D eigenvalue weighted by Gasteiger charge is 2.45. The van der Waals surface area contributed by atoms with E-state index in [0.29, 0.717) is 43.4 Å². The molecule has 7 heteroatoms. The third-order valence-electron chi connectivity index (χ3n) is 5.74. The number of fused-ring (bicyclic) bond motifs is 1. The summed E-state index contributed by atoms with van der Waals surface area (Å²) >= 11 is 0. The number of aromatic nitrogens is 2. The van der Waals surface area contributed by atoms with E-state index >= 15 is 0 Å². The van der Waals surface area contributed by atoms with Crippen LogP contribution >= 0.6 is 0 Å². The second kappa shape index (κ2) is 7.13. The van der Waals surface area contributed by atoms with Gasteiger partial charge in [0.25, 0.3) is 5.56 Å². The molecule has 1 unspecified atom stereocenters. The molecule has 1 aliphatic carbocycles. The van der Waals surface area contributed by atoms with Crippen LogP contribution in [0.5, 0.6) is 0 Å². The molecule has 1 aromatic heterocycles. The minimum absolute atomic E-state index is 0.00333. The highest BCUT2D eigenvalue weighted by Crippen LogP contribution is 2.38. The number of rotatable bonds is 4. The molecule has 1 aromatic carbocycles. The first-order valence-electron chi connectivity index (χ1n) is 9.51. The van der Waals surface area contributed by atoms with Crippen LogP contribution in [-0.4, -0.2) is 46.0 Å². The van der Waals surface area contributed by atoms with Gasteiger partial charge in [0.05, 0.1) is 41.7 Å². The third kappa shape index (κ3) is 3.11. The summed E-state index contributed by atoms with van der Waals surface area (Å²) < 4.78 is 6.71. The molecule has 2 fully saturated rings. The Bertz CT molecular complexity index is 938. The molecule has 27 heavy (non-hydrogen) atoms. The fraction of sp³-hybridized carbons (Fsp3) is 0.500. The molecule has 0 spiro atoms. The number of amides is 1. The maximum atomic E-state index is 12.8. The largest absolute Gasteiger partial charge is 0.466 e. The van der Waals surface area contributed by atoms with Crippen molar-refractivity contribution in [2.24, 2.45) is 11.8 Å². The Morgan fingerprint density at radius 2 is 1.96 bits per heavy atom. The van der Waals surface area contributed by atoms with E-state index in [1.807, 2.05) is 18.2 Å². The summed E-state index contributed by atoms with van der Waals surface area (Å²) in [4.78, 5) is 43.7. The number of benzene rings is 1. The van der Waals surface area contributed by atoms with Crippen LogP contribution < -0.4 is 5.56 Å². The summed E-state index contributed by atoms with van der Waals surface area (Å²) in [6.07, 6.45) is 3.72. The highest BCUT2D eigenvalue weighted by atomic mass is 16.5. The predicted molar refractivity (Wildman–Crippen MR) is 99.1 cm³/mol. The van der Waals surface area contributed by atoms with Crippen LogP contribution in [0.3, 0.4) is 0 Å². The first-order valence-corrected chi connectivity index (χ1v) is 9.51. The maximum Gasteiger partial charge on any atom is 0.309 e. The second-order valence-electron chi connectivity index (χ2n) is 7.24. The van der Waals surface area contributed by atoms with E-state index in [1.165, 1.54) is 0 Å². The Hall–Kier alpha value is -2.70. The van der Waals surface area contributed by atoms with Gasteiger partial charge in [-0.1, -0.05) is 12.1 Å². The Kier molecular flexibility index (Phi) is 4.68. The number of para-hydroxylation sites is 1. The van der Waals surface area contributed by atoms with Crippen LogP contribution in [0.1, 0.15) is 32.2 Å². The average Bonchev–Trinajstić information content (AvgIpc) is 3.11. The van der Waals surface area contributed by atoms with Gasteiger partial charge in [0.15, 0.2) is 0 Å². The van der Waals surface area contributed by atoms with Crippen LogP contribution in [0.4, 0.5) is 0 Å². The highest BCUT2D eigenvalue weighted by molar-refractivity contribution is 5.87. The van der Waals surface area contributed by atoms with E-state index in [-0.39, 0.29) is 35.3 Å². The fourth-order valence-electron chi connectivity index (χ4n) is 4.07. The van der Waals surface area contributed by atoms with Crippen molar-refractivity contribution in [3.8, 4) is 0 Å². The first-order chi connectivity index (χ1) is 13.1. The van der Waals surface area contributed by atoms with Gasteiger partial charge >= 0.3 is 5.97 Å². The number of hydrogen-bond donors (Lipinski definition) is 0. The summed E-state index contributed by atoms with van der Waals surface area (Å²) in [6, 6.07) is 7.19. The number of carbonyl (C=O) groups is 2. The summed E-state index contributed by atoms with van der Waals surface area (Å²) in [5, 5.41) is 0.589. The molecule has 0 bridgehead atoms. The molecule has 7 nitrogen and oxygen atoms in total. The molecule has 3 atom stereocenters. The zero-order valence-corrected chi connectivity index (χ0v) is 15.3. The van der Waals surface area contributed by atoms with E-state index in [4.69, 9.17) is 4.74 Å². The molecule has 0 radical (unpaired) electrons. The van der Waals surface area contributed by atoms with Crippen molar-refractivity contribution in [3.63, 3.8) is 0 Å². The van der Waals surface area contributed by atoms with E-state index in [1.54, 1.807) is 28.8 Å². The standard InChI is InChI=1S/C20H23N3O4/c1-2-27-20(26)15-8-7-14(15)18(24)22-10-9-13(11-22)23-12-21-17-6-4-3-5-16(17)19(23)25/h3-6,12-15H,2,7-11H2,1H3/t13?,14-,15+/m0/s1. The Labute approximate surface area is 156 Å². The molecule has 1 aliphatic heterocycles. The lowest BCUT2D eigenvalue weighted by Gasteiger charge is -2.36. The van der Waals surface area contributed by atoms with Crippen LogP contribution in [0.2, 0.25) is 0 Å². The van der Waals surface area contributed by atoms with Crippen LogP contribution in [-0.2, 0) is 14.3 Å². The van der Waals surface area contributed by atoms with Gasteiger partial charge in [-0.05, 0) is 38.3 Å². The van der Waals surface area contributed by atoms with E-state index in [9.17, 15) is 14.4 Å². The lowest BCUT2D eigenvalue weighted by molar-refractivity contribution is -0.160. The number of esters is 1. The monoisotopic (exact) mass is 369 g/mol. The van der Waals surface area contributed by atoms with Crippen molar-refractivity contribution in [2.45, 2.75) is 32.2 Å². The van der Waals surface area contributed by atoms with Gasteiger partial charge in [-0.2, -0.15) is 0 Å². The summed E-state index contributed by atoms with van der Waals surface area (Å²) in [7, 11) is 0. The van der Waals surface area contributed by atoms with Gasteiger partial charge in [-0.3, -0.25) is 19.0 Å². The molecule has 4 rings (SSSR count). The van der Waals surface area contributed by atoms with E-state index in [0.717, 1.165) is 6.42 Å². The Balaban J connectivity index is 1.48. The summed E-state index contributed by atoms with van der Waals surface area (Å²) in [5.74, 6) is -0.868.